The zero-order chi connectivity index (χ0) is 20.4. The number of rotatable bonds is 12. The topological polar surface area (TPSA) is 94.1 Å². The van der Waals surface area contributed by atoms with Crippen LogP contribution < -0.4 is 5.32 Å². The molecule has 0 spiro atoms. The largest absolute Gasteiger partial charge is 0.481 e. The fraction of sp³-hybridized carbons (Fsp3) is 0.895. The maximum Gasteiger partial charge on any atom is 0.407 e. The molecule has 0 aliphatic rings. The number of amides is 1. The van der Waals surface area contributed by atoms with E-state index in [0.29, 0.717) is 26.0 Å². The van der Waals surface area contributed by atoms with E-state index < -0.39 is 23.3 Å². The molecule has 0 aromatic heterocycles. The molecule has 7 heteroatoms. The number of carbonyl (C=O) groups is 2. The highest BCUT2D eigenvalue weighted by Gasteiger charge is 2.26. The molecule has 0 saturated carbocycles. The van der Waals surface area contributed by atoms with Crippen molar-refractivity contribution in [3.8, 4) is 0 Å². The minimum atomic E-state index is -0.868. The van der Waals surface area contributed by atoms with Crippen molar-refractivity contribution < 1.29 is 28.9 Å². The lowest BCUT2D eigenvalue weighted by Gasteiger charge is -2.32. The lowest BCUT2D eigenvalue weighted by molar-refractivity contribution is -0.140. The molecule has 2 N–H and O–H groups in total. The predicted molar refractivity (Wildman–Crippen MR) is 100 cm³/mol. The van der Waals surface area contributed by atoms with E-state index in [1.807, 2.05) is 48.5 Å². The molecule has 0 aliphatic heterocycles. The summed E-state index contributed by atoms with van der Waals surface area (Å²) in [5.74, 6) is -0.868. The van der Waals surface area contributed by atoms with Gasteiger partial charge in [-0.15, -0.1) is 0 Å². The molecule has 1 unspecified atom stereocenters. The molecule has 0 aromatic rings. The molecule has 0 bridgehead atoms. The highest BCUT2D eigenvalue weighted by atomic mass is 16.6. The van der Waals surface area contributed by atoms with Crippen LogP contribution in [0.15, 0.2) is 0 Å². The van der Waals surface area contributed by atoms with Crippen molar-refractivity contribution in [3.63, 3.8) is 0 Å². The fourth-order valence-corrected chi connectivity index (χ4v) is 2.12. The van der Waals surface area contributed by atoms with Crippen LogP contribution in [0.2, 0.25) is 0 Å². The van der Waals surface area contributed by atoms with E-state index >= 15 is 0 Å². The Labute approximate surface area is 157 Å². The van der Waals surface area contributed by atoms with E-state index in [4.69, 9.17) is 19.3 Å². The number of carbonyl (C=O) groups excluding carboxylic acids is 1. The van der Waals surface area contributed by atoms with Crippen LogP contribution >= 0.6 is 0 Å². The summed E-state index contributed by atoms with van der Waals surface area (Å²) >= 11 is 0. The molecule has 0 heterocycles. The van der Waals surface area contributed by atoms with Gasteiger partial charge in [-0.2, -0.15) is 0 Å². The second-order valence-corrected chi connectivity index (χ2v) is 8.33. The Hall–Kier alpha value is -1.34. The van der Waals surface area contributed by atoms with Crippen molar-refractivity contribution in [1.82, 2.24) is 5.32 Å². The summed E-state index contributed by atoms with van der Waals surface area (Å²) in [6.07, 6.45) is 1.70. The van der Waals surface area contributed by atoms with Gasteiger partial charge in [0.25, 0.3) is 0 Å². The van der Waals surface area contributed by atoms with Gasteiger partial charge < -0.3 is 24.6 Å². The van der Waals surface area contributed by atoms with Crippen LogP contribution in [0.5, 0.6) is 0 Å². The number of alkyl carbamates (subject to hydrolysis) is 1. The van der Waals surface area contributed by atoms with Gasteiger partial charge in [0, 0.05) is 6.54 Å². The molecular formula is C19H37NO6. The third kappa shape index (κ3) is 12.9. The van der Waals surface area contributed by atoms with Crippen LogP contribution in [-0.2, 0) is 19.0 Å². The van der Waals surface area contributed by atoms with Gasteiger partial charge in [0.2, 0.25) is 0 Å². The molecule has 1 amide bonds. The number of nitrogens with one attached hydrogen (secondary N) is 1. The number of hydrogen-bond donors (Lipinski definition) is 2. The number of carboxylic acid groups (broad SMARTS) is 1. The quantitative estimate of drug-likeness (QED) is 0.539. The normalized spacial score (nSPS) is 14.6. The van der Waals surface area contributed by atoms with E-state index in [2.05, 4.69) is 5.32 Å². The highest BCUT2D eigenvalue weighted by molar-refractivity contribution is 5.67. The van der Waals surface area contributed by atoms with Gasteiger partial charge in [-0.25, -0.2) is 4.79 Å². The van der Waals surface area contributed by atoms with Crippen LogP contribution in [0, 0.1) is 0 Å². The maximum absolute atomic E-state index is 11.7. The van der Waals surface area contributed by atoms with Gasteiger partial charge in [-0.3, -0.25) is 4.79 Å². The molecular weight excluding hydrogens is 338 g/mol. The molecule has 0 rings (SSSR count). The van der Waals surface area contributed by atoms with Gasteiger partial charge in [-0.05, 0) is 60.8 Å². The predicted octanol–water partition coefficient (Wildman–Crippen LogP) is 3.75. The lowest BCUT2D eigenvalue weighted by Crippen LogP contribution is -2.38. The van der Waals surface area contributed by atoms with Crippen molar-refractivity contribution in [3.05, 3.63) is 0 Å². The SMILES string of the molecule is CCC(C)(CCNC(=O)OC(C)(C)C)OCCC(C)(C)OCCC(=O)O. The molecule has 0 fully saturated rings. The Bertz CT molecular complexity index is 444. The van der Waals surface area contributed by atoms with Gasteiger partial charge in [-0.1, -0.05) is 6.92 Å². The molecule has 0 radical (unpaired) electrons. The summed E-state index contributed by atoms with van der Waals surface area (Å²) in [7, 11) is 0. The fourth-order valence-electron chi connectivity index (χ4n) is 2.12. The van der Waals surface area contributed by atoms with E-state index in [1.165, 1.54) is 0 Å². The smallest absolute Gasteiger partial charge is 0.407 e. The zero-order valence-corrected chi connectivity index (χ0v) is 17.4. The molecule has 1 atom stereocenters. The summed E-state index contributed by atoms with van der Waals surface area (Å²) in [4.78, 5) is 22.2. The van der Waals surface area contributed by atoms with Gasteiger partial charge in [0.15, 0.2) is 0 Å². The minimum Gasteiger partial charge on any atom is -0.481 e. The first-order valence-electron chi connectivity index (χ1n) is 9.25. The summed E-state index contributed by atoms with van der Waals surface area (Å²) in [6, 6.07) is 0. The molecule has 0 saturated heterocycles. The number of ether oxygens (including phenoxy) is 3. The molecule has 7 nitrogen and oxygen atoms in total. The average Bonchev–Trinajstić information content (AvgIpc) is 2.44. The Morgan fingerprint density at radius 3 is 2.08 bits per heavy atom. The van der Waals surface area contributed by atoms with Gasteiger partial charge in [0.1, 0.15) is 5.60 Å². The molecule has 0 aliphatic carbocycles. The maximum atomic E-state index is 11.7. The second-order valence-electron chi connectivity index (χ2n) is 8.33. The lowest BCUT2D eigenvalue weighted by atomic mass is 9.98. The second kappa shape index (κ2) is 10.7. The van der Waals surface area contributed by atoms with Gasteiger partial charge in [0.05, 0.1) is 30.8 Å². The van der Waals surface area contributed by atoms with E-state index in [9.17, 15) is 9.59 Å². The Kier molecular flexibility index (Phi) is 10.2. The zero-order valence-electron chi connectivity index (χ0n) is 17.4. The third-order valence-electron chi connectivity index (χ3n) is 4.03. The average molecular weight is 376 g/mol. The van der Waals surface area contributed by atoms with Crippen LogP contribution in [0.1, 0.15) is 74.1 Å². The monoisotopic (exact) mass is 375 g/mol. The third-order valence-corrected chi connectivity index (χ3v) is 4.03. The van der Waals surface area contributed by atoms with E-state index in [-0.39, 0.29) is 18.6 Å². The summed E-state index contributed by atoms with van der Waals surface area (Å²) in [6.45, 7) is 14.5. The summed E-state index contributed by atoms with van der Waals surface area (Å²) < 4.78 is 16.9. The van der Waals surface area contributed by atoms with Crippen molar-refractivity contribution >= 4 is 12.1 Å². The van der Waals surface area contributed by atoms with Crippen molar-refractivity contribution in [2.45, 2.75) is 91.0 Å². The van der Waals surface area contributed by atoms with Gasteiger partial charge >= 0.3 is 12.1 Å². The highest BCUT2D eigenvalue weighted by Crippen LogP contribution is 2.22. The van der Waals surface area contributed by atoms with Crippen LogP contribution in [-0.4, -0.2) is 53.7 Å². The first-order valence-corrected chi connectivity index (χ1v) is 9.25. The van der Waals surface area contributed by atoms with Crippen LogP contribution in [0.4, 0.5) is 4.79 Å². The Balaban J connectivity index is 4.21. The van der Waals surface area contributed by atoms with Crippen molar-refractivity contribution in [1.29, 1.82) is 0 Å². The first kappa shape index (κ1) is 24.7. The number of hydrogen-bond acceptors (Lipinski definition) is 5. The summed E-state index contributed by atoms with van der Waals surface area (Å²) in [5.41, 5.74) is -1.31. The molecule has 26 heavy (non-hydrogen) atoms. The van der Waals surface area contributed by atoms with E-state index in [0.717, 1.165) is 6.42 Å². The van der Waals surface area contributed by atoms with Crippen molar-refractivity contribution in [2.75, 3.05) is 19.8 Å². The Morgan fingerprint density at radius 2 is 1.58 bits per heavy atom. The minimum absolute atomic E-state index is 0.00665. The Morgan fingerprint density at radius 1 is 0.962 bits per heavy atom. The number of carboxylic acids is 1. The van der Waals surface area contributed by atoms with Crippen LogP contribution in [0.3, 0.4) is 0 Å². The first-order chi connectivity index (χ1) is 11.8. The molecule has 154 valence electrons. The number of aliphatic carboxylic acids is 1. The van der Waals surface area contributed by atoms with Crippen molar-refractivity contribution in [2.24, 2.45) is 0 Å². The van der Waals surface area contributed by atoms with Crippen LogP contribution in [0.25, 0.3) is 0 Å². The van der Waals surface area contributed by atoms with E-state index in [1.54, 1.807) is 0 Å². The standard InChI is InChI=1S/C19H37NO6/c1-8-19(7,10-12-20-16(23)26-17(2,3)4)25-14-11-18(5,6)24-13-9-15(21)22/h8-14H2,1-7H3,(H,20,23)(H,21,22). The summed E-state index contributed by atoms with van der Waals surface area (Å²) in [5, 5.41) is 11.4. The molecule has 0 aromatic carbocycles.